The molecule has 3 aromatic rings. The van der Waals surface area contributed by atoms with E-state index in [9.17, 15) is 4.79 Å². The number of amides is 1. The first kappa shape index (κ1) is 17.7. The fourth-order valence-electron chi connectivity index (χ4n) is 3.07. The largest absolute Gasteiger partial charge is 0.487 e. The number of thiazole rings is 1. The Kier molecular flexibility index (Phi) is 5.46. The molecule has 5 nitrogen and oxygen atoms in total. The van der Waals surface area contributed by atoms with Gasteiger partial charge in [-0.05, 0) is 23.8 Å². The summed E-state index contributed by atoms with van der Waals surface area (Å²) in [5.41, 5.74) is 4.38. The first-order valence-electron chi connectivity index (χ1n) is 8.85. The standard InChI is InChI=1S/C21H20N2O3S/c24-21(23-9-10-25-20(12-23)16-5-2-1-3-6-16)17-7-4-8-19(11-17)26-13-18-14-27-15-22-18/h1-8,11,14-15,20H,9-10,12-13H2. The van der Waals surface area contributed by atoms with E-state index in [1.54, 1.807) is 11.6 Å². The maximum Gasteiger partial charge on any atom is 0.254 e. The Hall–Kier alpha value is -2.70. The number of benzene rings is 2. The van der Waals surface area contributed by atoms with E-state index in [0.717, 1.165) is 11.3 Å². The molecule has 1 saturated heterocycles. The fraction of sp³-hybridized carbons (Fsp3) is 0.238. The van der Waals surface area contributed by atoms with Crippen LogP contribution in [0.5, 0.6) is 5.75 Å². The van der Waals surface area contributed by atoms with Gasteiger partial charge in [0.05, 0.1) is 24.4 Å². The maximum absolute atomic E-state index is 13.0. The summed E-state index contributed by atoms with van der Waals surface area (Å²) in [6.45, 7) is 2.07. The van der Waals surface area contributed by atoms with Crippen molar-refractivity contribution < 1.29 is 14.3 Å². The van der Waals surface area contributed by atoms with E-state index < -0.39 is 0 Å². The highest BCUT2D eigenvalue weighted by molar-refractivity contribution is 7.07. The molecule has 2 aromatic carbocycles. The fourth-order valence-corrected chi connectivity index (χ4v) is 3.61. The molecule has 0 N–H and O–H groups in total. The van der Waals surface area contributed by atoms with Crippen LogP contribution in [-0.4, -0.2) is 35.5 Å². The summed E-state index contributed by atoms with van der Waals surface area (Å²) >= 11 is 1.54. The van der Waals surface area contributed by atoms with E-state index in [4.69, 9.17) is 9.47 Å². The summed E-state index contributed by atoms with van der Waals surface area (Å²) in [5, 5.41) is 1.95. The number of hydrogen-bond acceptors (Lipinski definition) is 5. The number of ether oxygens (including phenoxy) is 2. The Labute approximate surface area is 162 Å². The van der Waals surface area contributed by atoms with E-state index in [2.05, 4.69) is 4.98 Å². The van der Waals surface area contributed by atoms with Gasteiger partial charge in [-0.25, -0.2) is 4.98 Å². The van der Waals surface area contributed by atoms with Crippen LogP contribution in [0.3, 0.4) is 0 Å². The van der Waals surface area contributed by atoms with Gasteiger partial charge in [-0.1, -0.05) is 36.4 Å². The third-order valence-electron chi connectivity index (χ3n) is 4.48. The zero-order valence-electron chi connectivity index (χ0n) is 14.8. The van der Waals surface area contributed by atoms with Gasteiger partial charge in [0.1, 0.15) is 18.5 Å². The summed E-state index contributed by atoms with van der Waals surface area (Å²) in [4.78, 5) is 19.0. The second-order valence-electron chi connectivity index (χ2n) is 6.32. The van der Waals surface area contributed by atoms with Crippen molar-refractivity contribution in [2.45, 2.75) is 12.7 Å². The van der Waals surface area contributed by atoms with Gasteiger partial charge in [-0.15, -0.1) is 11.3 Å². The lowest BCUT2D eigenvalue weighted by atomic mass is 10.1. The number of carbonyl (C=O) groups excluding carboxylic acids is 1. The summed E-state index contributed by atoms with van der Waals surface area (Å²) in [7, 11) is 0. The molecule has 0 radical (unpaired) electrons. The lowest BCUT2D eigenvalue weighted by Gasteiger charge is -2.33. The summed E-state index contributed by atoms with van der Waals surface area (Å²) < 4.78 is 11.6. The van der Waals surface area contributed by atoms with Crippen LogP contribution < -0.4 is 4.74 Å². The van der Waals surface area contributed by atoms with E-state index in [0.29, 0.717) is 37.6 Å². The molecular formula is C21H20N2O3S. The highest BCUT2D eigenvalue weighted by Gasteiger charge is 2.26. The van der Waals surface area contributed by atoms with E-state index in [1.807, 2.05) is 58.8 Å². The van der Waals surface area contributed by atoms with Gasteiger partial charge in [0, 0.05) is 17.5 Å². The summed E-state index contributed by atoms with van der Waals surface area (Å²) in [6.07, 6.45) is -0.0898. The molecule has 1 aliphatic rings. The minimum Gasteiger partial charge on any atom is -0.487 e. The molecule has 6 heteroatoms. The molecular weight excluding hydrogens is 360 g/mol. The van der Waals surface area contributed by atoms with Crippen molar-refractivity contribution >= 4 is 17.2 Å². The predicted molar refractivity (Wildman–Crippen MR) is 104 cm³/mol. The third kappa shape index (κ3) is 4.35. The molecule has 0 saturated carbocycles. The van der Waals surface area contributed by atoms with Crippen LogP contribution in [0.2, 0.25) is 0 Å². The number of nitrogens with zero attached hydrogens (tertiary/aromatic N) is 2. The van der Waals surface area contributed by atoms with Crippen LogP contribution in [0.1, 0.15) is 27.7 Å². The van der Waals surface area contributed by atoms with Crippen molar-refractivity contribution in [3.8, 4) is 5.75 Å². The van der Waals surface area contributed by atoms with Crippen molar-refractivity contribution in [2.24, 2.45) is 0 Å². The molecule has 1 unspecified atom stereocenters. The highest BCUT2D eigenvalue weighted by Crippen LogP contribution is 2.24. The van der Waals surface area contributed by atoms with Crippen LogP contribution in [0.25, 0.3) is 0 Å². The molecule has 1 aliphatic heterocycles. The van der Waals surface area contributed by atoms with Crippen molar-refractivity contribution in [3.05, 3.63) is 82.3 Å². The SMILES string of the molecule is O=C(c1cccc(OCc2cscn2)c1)N1CCOC(c2ccccc2)C1. The number of aromatic nitrogens is 1. The molecule has 0 bridgehead atoms. The van der Waals surface area contributed by atoms with Crippen LogP contribution in [0.4, 0.5) is 0 Å². The number of rotatable bonds is 5. The first-order chi connectivity index (χ1) is 13.3. The van der Waals surface area contributed by atoms with Gasteiger partial charge in [0.15, 0.2) is 0 Å². The quantitative estimate of drug-likeness (QED) is 0.673. The Balaban J connectivity index is 1.43. The number of carbonyl (C=O) groups is 1. The van der Waals surface area contributed by atoms with Crippen LogP contribution in [0.15, 0.2) is 65.5 Å². The Morgan fingerprint density at radius 1 is 1.22 bits per heavy atom. The molecule has 1 fully saturated rings. The highest BCUT2D eigenvalue weighted by atomic mass is 32.1. The Morgan fingerprint density at radius 2 is 2.11 bits per heavy atom. The minimum atomic E-state index is -0.0898. The number of morpholine rings is 1. The Morgan fingerprint density at radius 3 is 2.93 bits per heavy atom. The Bertz CT molecular complexity index is 883. The molecule has 138 valence electrons. The van der Waals surface area contributed by atoms with E-state index >= 15 is 0 Å². The smallest absolute Gasteiger partial charge is 0.254 e. The molecule has 2 heterocycles. The monoisotopic (exact) mass is 380 g/mol. The average molecular weight is 380 g/mol. The van der Waals surface area contributed by atoms with Crippen molar-refractivity contribution in [1.29, 1.82) is 0 Å². The topological polar surface area (TPSA) is 51.7 Å². The van der Waals surface area contributed by atoms with Crippen LogP contribution in [-0.2, 0) is 11.3 Å². The maximum atomic E-state index is 13.0. The van der Waals surface area contributed by atoms with Gasteiger partial charge in [0.2, 0.25) is 0 Å². The van der Waals surface area contributed by atoms with Crippen LogP contribution >= 0.6 is 11.3 Å². The molecule has 0 aliphatic carbocycles. The normalized spacial score (nSPS) is 16.9. The first-order valence-corrected chi connectivity index (χ1v) is 9.79. The molecule has 1 atom stereocenters. The second kappa shape index (κ2) is 8.33. The minimum absolute atomic E-state index is 0.00154. The summed E-state index contributed by atoms with van der Waals surface area (Å²) in [5.74, 6) is 0.667. The van der Waals surface area contributed by atoms with Crippen molar-refractivity contribution in [3.63, 3.8) is 0 Å². The van der Waals surface area contributed by atoms with E-state index in [-0.39, 0.29) is 12.0 Å². The second-order valence-corrected chi connectivity index (χ2v) is 7.04. The molecule has 1 aromatic heterocycles. The van der Waals surface area contributed by atoms with Gasteiger partial charge < -0.3 is 14.4 Å². The van der Waals surface area contributed by atoms with Crippen molar-refractivity contribution in [2.75, 3.05) is 19.7 Å². The van der Waals surface area contributed by atoms with Gasteiger partial charge >= 0.3 is 0 Å². The van der Waals surface area contributed by atoms with Gasteiger partial charge in [0.25, 0.3) is 5.91 Å². The lowest BCUT2D eigenvalue weighted by Crippen LogP contribution is -2.42. The zero-order chi connectivity index (χ0) is 18.5. The lowest BCUT2D eigenvalue weighted by molar-refractivity contribution is -0.0228. The third-order valence-corrected chi connectivity index (χ3v) is 5.11. The predicted octanol–water partition coefficient (Wildman–Crippen LogP) is 3.94. The summed E-state index contributed by atoms with van der Waals surface area (Å²) in [6, 6.07) is 17.3. The van der Waals surface area contributed by atoms with Gasteiger partial charge in [-0.2, -0.15) is 0 Å². The van der Waals surface area contributed by atoms with E-state index in [1.165, 1.54) is 11.3 Å². The molecule has 27 heavy (non-hydrogen) atoms. The zero-order valence-corrected chi connectivity index (χ0v) is 15.6. The molecule has 4 rings (SSSR count). The molecule has 0 spiro atoms. The average Bonchev–Trinajstić information content (AvgIpc) is 3.26. The van der Waals surface area contributed by atoms with Crippen molar-refractivity contribution in [1.82, 2.24) is 9.88 Å². The van der Waals surface area contributed by atoms with Gasteiger partial charge in [-0.3, -0.25) is 4.79 Å². The van der Waals surface area contributed by atoms with Crippen LogP contribution in [0, 0.1) is 0 Å². The number of hydrogen-bond donors (Lipinski definition) is 0. The molecule has 1 amide bonds.